The van der Waals surface area contributed by atoms with Crippen LogP contribution in [-0.4, -0.2) is 41.5 Å². The zero-order valence-corrected chi connectivity index (χ0v) is 19.6. The second-order valence-electron chi connectivity index (χ2n) is 8.08. The lowest BCUT2D eigenvalue weighted by Gasteiger charge is -2.24. The van der Waals surface area contributed by atoms with Gasteiger partial charge in [-0.15, -0.1) is 12.4 Å². The molecule has 0 bridgehead atoms. The first-order valence-corrected chi connectivity index (χ1v) is 11.2. The Morgan fingerprint density at radius 1 is 0.676 bits per heavy atom. The number of hydrogen-bond acceptors (Lipinski definition) is 4. The molecule has 5 aromatic rings. The minimum Gasteiger partial charge on any atom is -0.395 e. The zero-order valence-electron chi connectivity index (χ0n) is 18.8. The maximum atomic E-state index is 9.57. The number of anilines is 1. The molecule has 0 saturated carbocycles. The van der Waals surface area contributed by atoms with Crippen molar-refractivity contribution in [2.45, 2.75) is 0 Å². The first-order valence-electron chi connectivity index (χ1n) is 11.2. The van der Waals surface area contributed by atoms with Gasteiger partial charge in [0, 0.05) is 24.2 Å². The summed E-state index contributed by atoms with van der Waals surface area (Å²) in [7, 11) is 0. The Balaban J connectivity index is 0.00000274. The van der Waals surface area contributed by atoms with E-state index in [1.165, 1.54) is 27.1 Å². The highest BCUT2D eigenvalue weighted by atomic mass is 35.5. The Labute approximate surface area is 205 Å². The average Bonchev–Trinajstić information content (AvgIpc) is 2.86. The number of rotatable bonds is 7. The van der Waals surface area contributed by atoms with Crippen molar-refractivity contribution in [1.29, 1.82) is 0 Å². The average molecular weight is 471 g/mol. The van der Waals surface area contributed by atoms with Gasteiger partial charge in [-0.1, -0.05) is 72.8 Å². The molecule has 1 heterocycles. The van der Waals surface area contributed by atoms with Crippen molar-refractivity contribution >= 4 is 62.7 Å². The smallest absolute Gasteiger partial charge is 0.0730 e. The van der Waals surface area contributed by atoms with Gasteiger partial charge in [-0.3, -0.25) is 0 Å². The van der Waals surface area contributed by atoms with Gasteiger partial charge >= 0.3 is 0 Å². The van der Waals surface area contributed by atoms with Crippen LogP contribution in [0.15, 0.2) is 84.9 Å². The summed E-state index contributed by atoms with van der Waals surface area (Å²) in [4.78, 5) is 6.88. The van der Waals surface area contributed by atoms with Crippen LogP contribution in [0.25, 0.3) is 44.6 Å². The van der Waals surface area contributed by atoms with Crippen LogP contribution >= 0.6 is 12.4 Å². The second kappa shape index (κ2) is 10.7. The summed E-state index contributed by atoms with van der Waals surface area (Å²) in [6.07, 6.45) is 4.20. The summed E-state index contributed by atoms with van der Waals surface area (Å²) >= 11 is 0. The van der Waals surface area contributed by atoms with E-state index in [1.807, 2.05) is 35.2 Å². The van der Waals surface area contributed by atoms with Crippen molar-refractivity contribution in [2.24, 2.45) is 0 Å². The molecule has 0 unspecified atom stereocenters. The van der Waals surface area contributed by atoms with E-state index in [0.717, 1.165) is 22.3 Å². The fourth-order valence-corrected chi connectivity index (χ4v) is 4.52. The van der Waals surface area contributed by atoms with Gasteiger partial charge in [0.05, 0.1) is 24.4 Å². The van der Waals surface area contributed by atoms with Crippen molar-refractivity contribution in [2.75, 3.05) is 31.2 Å². The fraction of sp³-hybridized carbons (Fsp3) is 0.138. The van der Waals surface area contributed by atoms with E-state index in [2.05, 4.69) is 66.7 Å². The van der Waals surface area contributed by atoms with Crippen LogP contribution in [0.1, 0.15) is 11.3 Å². The van der Waals surface area contributed by atoms with Crippen LogP contribution in [0.3, 0.4) is 0 Å². The standard InChI is InChI=1S/C29H26N2O2.ClH/c32-17-15-31(16-18-33)29-20-23(30-28-12-6-5-11-27(28)29)13-14-26-24-9-3-1-7-21(24)19-22-8-2-4-10-25(22)26;/h1-14,19-20,32-33H,15-18H2;1H/b14-13+;. The lowest BCUT2D eigenvalue weighted by molar-refractivity contribution is 0.281. The summed E-state index contributed by atoms with van der Waals surface area (Å²) in [5.41, 5.74) is 3.86. The van der Waals surface area contributed by atoms with Gasteiger partial charge < -0.3 is 15.1 Å². The molecule has 34 heavy (non-hydrogen) atoms. The molecule has 2 N–H and O–H groups in total. The molecular weight excluding hydrogens is 444 g/mol. The van der Waals surface area contributed by atoms with Crippen molar-refractivity contribution in [3.8, 4) is 0 Å². The van der Waals surface area contributed by atoms with Gasteiger partial charge in [0.15, 0.2) is 0 Å². The summed E-state index contributed by atoms with van der Waals surface area (Å²) in [5, 5.41) is 25.0. The van der Waals surface area contributed by atoms with Gasteiger partial charge in [-0.2, -0.15) is 0 Å². The van der Waals surface area contributed by atoms with Gasteiger partial charge in [-0.05, 0) is 51.4 Å². The number of halogens is 1. The number of pyridine rings is 1. The van der Waals surface area contributed by atoms with Gasteiger partial charge in [0.1, 0.15) is 0 Å². The molecule has 5 rings (SSSR count). The number of aliphatic hydroxyl groups excluding tert-OH is 2. The third-order valence-electron chi connectivity index (χ3n) is 6.03. The first kappa shape index (κ1) is 23.7. The van der Waals surface area contributed by atoms with Crippen molar-refractivity contribution in [3.63, 3.8) is 0 Å². The highest BCUT2D eigenvalue weighted by Gasteiger charge is 2.12. The first-order chi connectivity index (χ1) is 16.3. The van der Waals surface area contributed by atoms with E-state index in [-0.39, 0.29) is 25.6 Å². The van der Waals surface area contributed by atoms with E-state index < -0.39 is 0 Å². The van der Waals surface area contributed by atoms with Crippen LogP contribution < -0.4 is 4.90 Å². The Bertz CT molecular complexity index is 1410. The molecule has 0 radical (unpaired) electrons. The quantitative estimate of drug-likeness (QED) is 0.290. The van der Waals surface area contributed by atoms with E-state index >= 15 is 0 Å². The molecule has 1 aromatic heterocycles. The topological polar surface area (TPSA) is 56.6 Å². The SMILES string of the molecule is Cl.OCCN(CCO)c1cc(/C=C/c2c3ccccc3cc3ccccc23)nc2ccccc12. The Kier molecular flexibility index (Phi) is 7.43. The highest BCUT2D eigenvalue weighted by molar-refractivity contribution is 6.08. The number of para-hydroxylation sites is 1. The fourth-order valence-electron chi connectivity index (χ4n) is 4.52. The summed E-state index contributed by atoms with van der Waals surface area (Å²) in [6.45, 7) is 0.936. The van der Waals surface area contributed by atoms with Gasteiger partial charge in [0.25, 0.3) is 0 Å². The molecule has 0 amide bonds. The van der Waals surface area contributed by atoms with Gasteiger partial charge in [0.2, 0.25) is 0 Å². The van der Waals surface area contributed by atoms with E-state index in [4.69, 9.17) is 4.98 Å². The largest absolute Gasteiger partial charge is 0.395 e. The van der Waals surface area contributed by atoms with E-state index in [0.29, 0.717) is 13.1 Å². The molecule has 5 heteroatoms. The molecule has 0 atom stereocenters. The van der Waals surface area contributed by atoms with Gasteiger partial charge in [-0.25, -0.2) is 4.98 Å². The zero-order chi connectivity index (χ0) is 22.6. The maximum absolute atomic E-state index is 9.57. The number of aliphatic hydroxyl groups is 2. The predicted octanol–water partition coefficient (Wildman–Crippen LogP) is 5.92. The summed E-state index contributed by atoms with van der Waals surface area (Å²) in [5.74, 6) is 0. The minimum atomic E-state index is 0. The number of fused-ring (bicyclic) bond motifs is 3. The molecule has 0 spiro atoms. The minimum absolute atomic E-state index is 0. The van der Waals surface area contributed by atoms with E-state index in [9.17, 15) is 10.2 Å². The molecule has 0 aliphatic heterocycles. The molecular formula is C29H27ClN2O2. The Morgan fingerprint density at radius 3 is 1.85 bits per heavy atom. The normalized spacial score (nSPS) is 11.4. The van der Waals surface area contributed by atoms with Crippen LogP contribution in [0, 0.1) is 0 Å². The van der Waals surface area contributed by atoms with Crippen LogP contribution in [0.5, 0.6) is 0 Å². The number of nitrogens with zero attached hydrogens (tertiary/aromatic N) is 2. The Morgan fingerprint density at radius 2 is 1.24 bits per heavy atom. The van der Waals surface area contributed by atoms with E-state index in [1.54, 1.807) is 0 Å². The molecule has 0 fully saturated rings. The van der Waals surface area contributed by atoms with Crippen molar-refractivity contribution in [3.05, 3.63) is 96.2 Å². The number of benzene rings is 4. The van der Waals surface area contributed by atoms with Crippen LogP contribution in [-0.2, 0) is 0 Å². The highest BCUT2D eigenvalue weighted by Crippen LogP contribution is 2.31. The van der Waals surface area contributed by atoms with Crippen LogP contribution in [0.2, 0.25) is 0 Å². The lowest BCUT2D eigenvalue weighted by atomic mass is 9.96. The summed E-state index contributed by atoms with van der Waals surface area (Å²) < 4.78 is 0. The molecule has 172 valence electrons. The van der Waals surface area contributed by atoms with Crippen LogP contribution in [0.4, 0.5) is 5.69 Å². The molecule has 4 nitrogen and oxygen atoms in total. The number of hydrogen-bond donors (Lipinski definition) is 2. The van der Waals surface area contributed by atoms with Crippen molar-refractivity contribution < 1.29 is 10.2 Å². The second-order valence-corrected chi connectivity index (χ2v) is 8.08. The van der Waals surface area contributed by atoms with Crippen molar-refractivity contribution in [1.82, 2.24) is 4.98 Å². The Hall–Kier alpha value is -3.44. The molecule has 0 saturated heterocycles. The number of aromatic nitrogens is 1. The maximum Gasteiger partial charge on any atom is 0.0730 e. The molecule has 0 aliphatic carbocycles. The lowest BCUT2D eigenvalue weighted by Crippen LogP contribution is -2.30. The predicted molar refractivity (Wildman–Crippen MR) is 146 cm³/mol. The monoisotopic (exact) mass is 470 g/mol. The molecule has 4 aromatic carbocycles. The third-order valence-corrected chi connectivity index (χ3v) is 6.03. The summed E-state index contributed by atoms with van der Waals surface area (Å²) in [6, 6.07) is 29.2. The molecule has 0 aliphatic rings. The third kappa shape index (κ3) is 4.62.